The molecule has 1 fully saturated rings. The summed E-state index contributed by atoms with van der Waals surface area (Å²) in [5.41, 5.74) is 6.89. The molecule has 3 N–H and O–H groups in total. The highest BCUT2D eigenvalue weighted by Crippen LogP contribution is 2.35. The number of carboxylic acids is 1. The summed E-state index contributed by atoms with van der Waals surface area (Å²) >= 11 is 0. The largest absolute Gasteiger partial charge is 0.480 e. The third kappa shape index (κ3) is 2.00. The Kier molecular flexibility index (Phi) is 2.78. The average Bonchev–Trinajstić information content (AvgIpc) is 2.82. The van der Waals surface area contributed by atoms with Crippen LogP contribution in [0, 0.1) is 0 Å². The molecule has 1 aromatic carbocycles. The fraction of sp³-hybridized carbons (Fsp3) is 0.429. The molecule has 0 saturated heterocycles. The van der Waals surface area contributed by atoms with Crippen LogP contribution in [-0.2, 0) is 4.79 Å². The number of rotatable bonds is 2. The number of hydrogen-bond acceptors (Lipinski definition) is 3. The molecule has 0 aliphatic heterocycles. The molecule has 1 aromatic heterocycles. The summed E-state index contributed by atoms with van der Waals surface area (Å²) < 4.78 is 2.07. The molecule has 1 saturated carbocycles. The van der Waals surface area contributed by atoms with Crippen molar-refractivity contribution in [2.45, 2.75) is 37.3 Å². The van der Waals surface area contributed by atoms with Crippen molar-refractivity contribution in [3.8, 4) is 0 Å². The number of aromatic nitrogens is 2. The minimum Gasteiger partial charge on any atom is -0.480 e. The van der Waals surface area contributed by atoms with Gasteiger partial charge >= 0.3 is 5.97 Å². The van der Waals surface area contributed by atoms with Gasteiger partial charge in [0.1, 0.15) is 5.54 Å². The molecule has 1 aliphatic rings. The smallest absolute Gasteiger partial charge is 0.323 e. The minimum atomic E-state index is -1.10. The molecule has 0 bridgehead atoms. The predicted molar refractivity (Wildman–Crippen MR) is 71.8 cm³/mol. The number of imidazole rings is 1. The fourth-order valence-electron chi connectivity index (χ4n) is 2.98. The van der Waals surface area contributed by atoms with Gasteiger partial charge in [-0.2, -0.15) is 0 Å². The number of nitrogens with zero attached hydrogens (tertiary/aromatic N) is 2. The number of para-hydroxylation sites is 2. The van der Waals surface area contributed by atoms with Crippen LogP contribution in [0.2, 0.25) is 0 Å². The first kappa shape index (κ1) is 12.2. The second-order valence-corrected chi connectivity index (χ2v) is 5.35. The van der Waals surface area contributed by atoms with Gasteiger partial charge in [0.05, 0.1) is 17.4 Å². The van der Waals surface area contributed by atoms with E-state index in [-0.39, 0.29) is 6.04 Å². The number of benzene rings is 1. The summed E-state index contributed by atoms with van der Waals surface area (Å²) in [6.45, 7) is 0. The highest BCUT2D eigenvalue weighted by Gasteiger charge is 2.40. The summed E-state index contributed by atoms with van der Waals surface area (Å²) in [7, 11) is 0. The summed E-state index contributed by atoms with van der Waals surface area (Å²) in [6.07, 6.45) is 4.59. The molecule has 2 atom stereocenters. The van der Waals surface area contributed by atoms with Gasteiger partial charge in [-0.25, -0.2) is 4.98 Å². The highest BCUT2D eigenvalue weighted by molar-refractivity contribution is 5.79. The lowest BCUT2D eigenvalue weighted by molar-refractivity contribution is -0.145. The second-order valence-electron chi connectivity index (χ2n) is 5.35. The highest BCUT2D eigenvalue weighted by atomic mass is 16.4. The van der Waals surface area contributed by atoms with Crippen LogP contribution in [0.3, 0.4) is 0 Å². The normalized spacial score (nSPS) is 27.5. The van der Waals surface area contributed by atoms with Crippen LogP contribution in [0.4, 0.5) is 0 Å². The van der Waals surface area contributed by atoms with Crippen molar-refractivity contribution in [2.75, 3.05) is 0 Å². The Morgan fingerprint density at radius 1 is 1.47 bits per heavy atom. The first-order valence-corrected chi connectivity index (χ1v) is 6.54. The van der Waals surface area contributed by atoms with Crippen LogP contribution >= 0.6 is 0 Å². The van der Waals surface area contributed by atoms with E-state index >= 15 is 0 Å². The topological polar surface area (TPSA) is 81.1 Å². The molecule has 2 aromatic rings. The first-order chi connectivity index (χ1) is 9.10. The van der Waals surface area contributed by atoms with Gasteiger partial charge in [0.2, 0.25) is 0 Å². The van der Waals surface area contributed by atoms with E-state index in [9.17, 15) is 9.90 Å². The van der Waals surface area contributed by atoms with E-state index in [1.165, 1.54) is 0 Å². The number of fused-ring (bicyclic) bond motifs is 1. The Labute approximate surface area is 111 Å². The van der Waals surface area contributed by atoms with Crippen molar-refractivity contribution in [3.63, 3.8) is 0 Å². The van der Waals surface area contributed by atoms with Crippen LogP contribution in [0.25, 0.3) is 11.0 Å². The average molecular weight is 259 g/mol. The van der Waals surface area contributed by atoms with Crippen molar-refractivity contribution in [2.24, 2.45) is 5.73 Å². The van der Waals surface area contributed by atoms with Gasteiger partial charge in [-0.05, 0) is 37.8 Å². The Hall–Kier alpha value is -1.88. The zero-order chi connectivity index (χ0) is 13.5. The Balaban J connectivity index is 1.96. The van der Waals surface area contributed by atoms with Crippen LogP contribution in [0.5, 0.6) is 0 Å². The molecule has 0 radical (unpaired) electrons. The Morgan fingerprint density at radius 3 is 3.05 bits per heavy atom. The maximum absolute atomic E-state index is 11.3. The minimum absolute atomic E-state index is 0.113. The van der Waals surface area contributed by atoms with Crippen molar-refractivity contribution < 1.29 is 9.90 Å². The molecular formula is C14H17N3O2. The zero-order valence-corrected chi connectivity index (χ0v) is 10.6. The molecule has 0 amide bonds. The number of carboxylic acid groups (broad SMARTS) is 1. The lowest BCUT2D eigenvalue weighted by Crippen LogP contribution is -2.51. The molecule has 0 spiro atoms. The molecule has 3 rings (SSSR count). The van der Waals surface area contributed by atoms with E-state index in [0.29, 0.717) is 12.8 Å². The van der Waals surface area contributed by atoms with Gasteiger partial charge in [0, 0.05) is 6.04 Å². The van der Waals surface area contributed by atoms with Gasteiger partial charge in [-0.3, -0.25) is 4.79 Å². The number of hydrogen-bond donors (Lipinski definition) is 2. The van der Waals surface area contributed by atoms with Crippen molar-refractivity contribution >= 4 is 17.0 Å². The molecule has 2 unspecified atom stereocenters. The molecule has 5 nitrogen and oxygen atoms in total. The van der Waals surface area contributed by atoms with Crippen molar-refractivity contribution in [1.29, 1.82) is 0 Å². The third-order valence-electron chi connectivity index (χ3n) is 4.06. The van der Waals surface area contributed by atoms with Gasteiger partial charge in [-0.1, -0.05) is 12.1 Å². The number of nitrogens with two attached hydrogens (primary N) is 1. The standard InChI is InChI=1S/C14H17N3O2/c15-14(13(18)19)7-3-4-10(8-14)17-9-16-11-5-1-2-6-12(11)17/h1-2,5-6,9-10H,3-4,7-8,15H2,(H,18,19). The summed E-state index contributed by atoms with van der Waals surface area (Å²) in [4.78, 5) is 15.7. The van der Waals surface area contributed by atoms with E-state index in [1.54, 1.807) is 6.33 Å². The maximum Gasteiger partial charge on any atom is 0.323 e. The molecule has 19 heavy (non-hydrogen) atoms. The molecule has 5 heteroatoms. The maximum atomic E-state index is 11.3. The number of carbonyl (C=O) groups is 1. The van der Waals surface area contributed by atoms with Gasteiger partial charge in [0.25, 0.3) is 0 Å². The van der Waals surface area contributed by atoms with Crippen LogP contribution < -0.4 is 5.73 Å². The van der Waals surface area contributed by atoms with E-state index in [1.807, 2.05) is 24.3 Å². The van der Waals surface area contributed by atoms with Crippen LogP contribution in [-0.4, -0.2) is 26.2 Å². The summed E-state index contributed by atoms with van der Waals surface area (Å²) in [5, 5.41) is 9.28. The molecule has 1 aliphatic carbocycles. The second kappa shape index (κ2) is 4.35. The first-order valence-electron chi connectivity index (χ1n) is 6.54. The van der Waals surface area contributed by atoms with Gasteiger partial charge in [0.15, 0.2) is 0 Å². The monoisotopic (exact) mass is 259 g/mol. The summed E-state index contributed by atoms with van der Waals surface area (Å²) in [5.74, 6) is -0.901. The lowest BCUT2D eigenvalue weighted by atomic mass is 9.79. The molecule has 100 valence electrons. The van der Waals surface area contributed by atoms with E-state index < -0.39 is 11.5 Å². The van der Waals surface area contributed by atoms with E-state index in [2.05, 4.69) is 9.55 Å². The lowest BCUT2D eigenvalue weighted by Gasteiger charge is -2.35. The SMILES string of the molecule is NC1(C(=O)O)CCCC(n2cnc3ccccc32)C1. The van der Waals surface area contributed by atoms with Crippen LogP contribution in [0.15, 0.2) is 30.6 Å². The van der Waals surface area contributed by atoms with Crippen molar-refractivity contribution in [3.05, 3.63) is 30.6 Å². The fourth-order valence-corrected chi connectivity index (χ4v) is 2.98. The Morgan fingerprint density at radius 2 is 2.26 bits per heavy atom. The predicted octanol–water partition coefficient (Wildman–Crippen LogP) is 1.93. The van der Waals surface area contributed by atoms with Crippen molar-refractivity contribution in [1.82, 2.24) is 9.55 Å². The Bertz CT molecular complexity index is 622. The van der Waals surface area contributed by atoms with Gasteiger partial charge < -0.3 is 15.4 Å². The zero-order valence-electron chi connectivity index (χ0n) is 10.6. The van der Waals surface area contributed by atoms with E-state index in [0.717, 1.165) is 23.9 Å². The van der Waals surface area contributed by atoms with Crippen LogP contribution in [0.1, 0.15) is 31.7 Å². The number of aliphatic carboxylic acids is 1. The van der Waals surface area contributed by atoms with E-state index in [4.69, 9.17) is 5.73 Å². The molecule has 1 heterocycles. The quantitative estimate of drug-likeness (QED) is 0.863. The third-order valence-corrected chi connectivity index (χ3v) is 4.06. The molecular weight excluding hydrogens is 242 g/mol. The van der Waals surface area contributed by atoms with Gasteiger partial charge in [-0.15, -0.1) is 0 Å². The summed E-state index contributed by atoms with van der Waals surface area (Å²) in [6, 6.07) is 8.00.